The van der Waals surface area contributed by atoms with E-state index >= 15 is 0 Å². The summed E-state index contributed by atoms with van der Waals surface area (Å²) in [6, 6.07) is 4.90. The second kappa shape index (κ2) is 6.17. The van der Waals surface area contributed by atoms with Crippen LogP contribution in [-0.4, -0.2) is 32.5 Å². The van der Waals surface area contributed by atoms with Crippen molar-refractivity contribution in [2.24, 2.45) is 0 Å². The number of benzene rings is 1. The predicted octanol–water partition coefficient (Wildman–Crippen LogP) is 2.46. The topological polar surface area (TPSA) is 76.9 Å². The van der Waals surface area contributed by atoms with Crippen molar-refractivity contribution >= 4 is 18.2 Å². The van der Waals surface area contributed by atoms with Crippen LogP contribution in [0.5, 0.6) is 5.75 Å². The first kappa shape index (κ1) is 15.7. The van der Waals surface area contributed by atoms with Gasteiger partial charge in [0.05, 0.1) is 0 Å². The second-order valence-electron chi connectivity index (χ2n) is 5.43. The maximum Gasteiger partial charge on any atom is 0.344 e. The lowest BCUT2D eigenvalue weighted by atomic mass is 10.0. The summed E-state index contributed by atoms with van der Waals surface area (Å²) in [7, 11) is 0. The van der Waals surface area contributed by atoms with Gasteiger partial charge in [-0.15, -0.1) is 0 Å². The number of carbonyl (C=O) groups excluding carboxylic acids is 1. The van der Waals surface area contributed by atoms with E-state index in [0.717, 1.165) is 17.3 Å². The van der Waals surface area contributed by atoms with Gasteiger partial charge in [0.25, 0.3) is 0 Å². The molecule has 0 aliphatic rings. The number of hydrogen-bond acceptors (Lipinski definition) is 2. The summed E-state index contributed by atoms with van der Waals surface area (Å²) in [4.78, 5) is 16.4. The van der Waals surface area contributed by atoms with Gasteiger partial charge in [-0.05, 0) is 44.0 Å². The van der Waals surface area contributed by atoms with E-state index in [9.17, 15) is 9.90 Å². The van der Waals surface area contributed by atoms with E-state index in [-0.39, 0.29) is 11.7 Å². The summed E-state index contributed by atoms with van der Waals surface area (Å²) in [6.45, 7) is 9.71. The summed E-state index contributed by atoms with van der Waals surface area (Å²) < 4.78 is 0. The molecule has 1 N–H and O–H groups in total. The van der Waals surface area contributed by atoms with Crippen LogP contribution in [0.2, 0.25) is 0 Å². The second-order valence-corrected chi connectivity index (χ2v) is 5.43. The quantitative estimate of drug-likeness (QED) is 0.519. The smallest absolute Gasteiger partial charge is 0.344 e. The zero-order chi connectivity index (χ0) is 15.3. The van der Waals surface area contributed by atoms with Gasteiger partial charge >= 0.3 is 12.1 Å². The van der Waals surface area contributed by atoms with E-state index in [0.29, 0.717) is 6.54 Å². The number of phenols is 1. The largest absolute Gasteiger partial charge is 0.508 e. The third-order valence-electron chi connectivity index (χ3n) is 2.92. The molecule has 5 heteroatoms. The van der Waals surface area contributed by atoms with Gasteiger partial charge in [0.1, 0.15) is 5.75 Å². The molecule has 5 nitrogen and oxygen atoms in total. The molecule has 1 aromatic rings. The Bertz CT molecular complexity index is 567. The first-order valence-electron chi connectivity index (χ1n) is 6.23. The third kappa shape index (κ3) is 3.80. The molecule has 1 aromatic carbocycles. The summed E-state index contributed by atoms with van der Waals surface area (Å²) >= 11 is 0. The summed E-state index contributed by atoms with van der Waals surface area (Å²) in [6.07, 6.45) is 2.50. The van der Waals surface area contributed by atoms with Gasteiger partial charge in [-0.1, -0.05) is 18.7 Å². The number of phenolic OH excluding ortho intramolecular Hbond substituents is 1. The summed E-state index contributed by atoms with van der Waals surface area (Å²) in [5, 5.41) is 9.47. The van der Waals surface area contributed by atoms with Gasteiger partial charge in [-0.2, -0.15) is 4.79 Å². The third-order valence-corrected chi connectivity index (χ3v) is 2.92. The van der Waals surface area contributed by atoms with E-state index in [1.54, 1.807) is 29.2 Å². The Labute approximate surface area is 118 Å². The molecule has 0 fully saturated rings. The molecule has 0 atom stereocenters. The van der Waals surface area contributed by atoms with Gasteiger partial charge in [-0.25, -0.2) is 0 Å². The lowest BCUT2D eigenvalue weighted by Gasteiger charge is -2.34. The first-order valence-corrected chi connectivity index (χ1v) is 6.23. The minimum atomic E-state index is -0.436. The fourth-order valence-corrected chi connectivity index (χ4v) is 1.85. The van der Waals surface area contributed by atoms with Crippen LogP contribution >= 0.6 is 0 Å². The van der Waals surface area contributed by atoms with E-state index in [1.165, 1.54) is 0 Å². The normalized spacial score (nSPS) is 10.6. The Hall–Kier alpha value is -2.39. The Balaban J connectivity index is 3.17. The van der Waals surface area contributed by atoms with E-state index in [2.05, 4.69) is 11.4 Å². The molecule has 1 amide bonds. The average molecular weight is 273 g/mol. The molecule has 0 heterocycles. The van der Waals surface area contributed by atoms with Crippen LogP contribution in [0.25, 0.3) is 11.6 Å². The highest BCUT2D eigenvalue weighted by molar-refractivity contribution is 6.23. The molecule has 0 aromatic heterocycles. The van der Waals surface area contributed by atoms with Crippen LogP contribution < -0.4 is 0 Å². The van der Waals surface area contributed by atoms with E-state index < -0.39 is 5.54 Å². The molecule has 0 saturated heterocycles. The molecule has 0 radical (unpaired) electrons. The van der Waals surface area contributed by atoms with Crippen LogP contribution in [0.15, 0.2) is 24.8 Å². The van der Waals surface area contributed by atoms with Gasteiger partial charge in [-0.3, -0.25) is 4.79 Å². The van der Waals surface area contributed by atoms with Crippen molar-refractivity contribution < 1.29 is 14.7 Å². The van der Waals surface area contributed by atoms with Crippen LogP contribution in [0.4, 0.5) is 0 Å². The van der Waals surface area contributed by atoms with Gasteiger partial charge < -0.3 is 15.5 Å². The Morgan fingerprint density at radius 1 is 1.50 bits per heavy atom. The molecule has 0 aliphatic heterocycles. The Morgan fingerprint density at radius 3 is 2.65 bits per heavy atom. The fraction of sp³-hybridized carbons (Fsp3) is 0.333. The van der Waals surface area contributed by atoms with Crippen LogP contribution in [0.3, 0.4) is 0 Å². The van der Waals surface area contributed by atoms with Crippen molar-refractivity contribution in [2.75, 3.05) is 0 Å². The number of amides is 1. The van der Waals surface area contributed by atoms with Crippen LogP contribution in [0, 0.1) is 0 Å². The highest BCUT2D eigenvalue weighted by Gasteiger charge is 2.28. The van der Waals surface area contributed by atoms with E-state index in [4.69, 9.17) is 5.53 Å². The van der Waals surface area contributed by atoms with Crippen LogP contribution in [0.1, 0.15) is 31.9 Å². The summed E-state index contributed by atoms with van der Waals surface area (Å²) in [5.74, 6) is -0.239. The lowest BCUT2D eigenvalue weighted by Crippen LogP contribution is -2.45. The monoisotopic (exact) mass is 273 g/mol. The maximum absolute atomic E-state index is 12.0. The Kier molecular flexibility index (Phi) is 4.83. The maximum atomic E-state index is 12.0. The minimum absolute atomic E-state index is 0.147. The molecule has 106 valence electrons. The predicted molar refractivity (Wildman–Crippen MR) is 78.2 cm³/mol. The molecular formula is C15H19N3O2. The number of nitrogens with zero attached hydrogens (tertiary/aromatic N) is 3. The van der Waals surface area contributed by atoms with Gasteiger partial charge in [0, 0.05) is 12.1 Å². The molecular weight excluding hydrogens is 254 g/mol. The number of carbonyl (C=O) groups is 1. The molecule has 20 heavy (non-hydrogen) atoms. The lowest BCUT2D eigenvalue weighted by molar-refractivity contribution is -0.132. The number of rotatable bonds is 4. The van der Waals surface area contributed by atoms with Crippen molar-refractivity contribution in [3.05, 3.63) is 41.4 Å². The fourth-order valence-electron chi connectivity index (χ4n) is 1.85. The highest BCUT2D eigenvalue weighted by atomic mass is 16.3. The molecule has 1 rings (SSSR count). The average Bonchev–Trinajstić information content (AvgIpc) is 2.35. The highest BCUT2D eigenvalue weighted by Crippen LogP contribution is 2.23. The van der Waals surface area contributed by atoms with Gasteiger partial charge in [0.2, 0.25) is 0 Å². The molecule has 0 spiro atoms. The molecule has 0 unspecified atom stereocenters. The van der Waals surface area contributed by atoms with E-state index in [1.807, 2.05) is 20.8 Å². The van der Waals surface area contributed by atoms with Crippen molar-refractivity contribution in [1.29, 1.82) is 0 Å². The molecule has 0 saturated carbocycles. The summed E-state index contributed by atoms with van der Waals surface area (Å²) in [5.41, 5.74) is 9.70. The van der Waals surface area contributed by atoms with Gasteiger partial charge in [0.15, 0.2) is 0 Å². The van der Waals surface area contributed by atoms with Crippen molar-refractivity contribution in [2.45, 2.75) is 32.9 Å². The number of hydrogen-bond donors (Lipinski definition) is 1. The molecule has 0 aliphatic carbocycles. The minimum Gasteiger partial charge on any atom is -0.508 e. The zero-order valence-corrected chi connectivity index (χ0v) is 12.0. The zero-order valence-electron chi connectivity index (χ0n) is 12.0. The van der Waals surface area contributed by atoms with Crippen molar-refractivity contribution in [1.82, 2.24) is 4.90 Å². The standard InChI is InChI=1S/C15H19N3O2/c1-5-11-8-13(19)7-6-12(11)10-18(15(2,3)4)14(20)9-17-16/h5-9,19H,1,10H2,2-4H3. The number of aromatic hydroxyl groups is 1. The first-order chi connectivity index (χ1) is 9.29. The van der Waals surface area contributed by atoms with Crippen LogP contribution in [-0.2, 0) is 11.3 Å². The SMILES string of the molecule is C=Cc1cc(O)ccc1CN(C(=O)C=[N+]=[N-])C(C)(C)C. The van der Waals surface area contributed by atoms with Crippen molar-refractivity contribution in [3.63, 3.8) is 0 Å². The Morgan fingerprint density at radius 2 is 2.15 bits per heavy atom. The molecule has 0 bridgehead atoms. The van der Waals surface area contributed by atoms with Crippen molar-refractivity contribution in [3.8, 4) is 5.75 Å².